The first-order valence-corrected chi connectivity index (χ1v) is 9.55. The number of anilines is 1. The van der Waals surface area contributed by atoms with Crippen LogP contribution in [0, 0.1) is 0 Å². The molecule has 8 heteroatoms. The van der Waals surface area contributed by atoms with E-state index in [9.17, 15) is 13.2 Å². The number of benzene rings is 2. The van der Waals surface area contributed by atoms with Gasteiger partial charge in [-0.2, -0.15) is 0 Å². The number of amides is 1. The Balaban J connectivity index is 1.54. The molecule has 0 saturated heterocycles. The van der Waals surface area contributed by atoms with Gasteiger partial charge < -0.3 is 5.32 Å². The monoisotopic (exact) mass is 361 g/mol. The van der Waals surface area contributed by atoms with Crippen molar-refractivity contribution in [3.8, 4) is 0 Å². The van der Waals surface area contributed by atoms with Crippen molar-refractivity contribution < 1.29 is 13.2 Å². The molecule has 0 atom stereocenters. The van der Waals surface area contributed by atoms with Crippen LogP contribution in [0.1, 0.15) is 6.42 Å². The third-order valence-corrected chi connectivity index (χ3v) is 5.67. The minimum absolute atomic E-state index is 0.0218. The number of rotatable bonds is 6. The van der Waals surface area contributed by atoms with E-state index in [4.69, 9.17) is 0 Å². The highest BCUT2D eigenvalue weighted by Gasteiger charge is 2.14. The highest BCUT2D eigenvalue weighted by Crippen LogP contribution is 2.25. The molecule has 3 aromatic rings. The molecule has 124 valence electrons. The number of carbonyl (C=O) groups excluding carboxylic acids is 1. The standard InChI is InChI=1S/C16H15N3O3S2/c20-15(19-16-18-13-8-4-5-9-14(13)23-16)10-11-17-24(21,22)12-6-2-1-3-7-12/h1-9,17H,10-11H2,(H,18,19,20). The number of aromatic nitrogens is 1. The van der Waals surface area contributed by atoms with Crippen LogP contribution < -0.4 is 10.0 Å². The van der Waals surface area contributed by atoms with Gasteiger partial charge in [-0.05, 0) is 24.3 Å². The van der Waals surface area contributed by atoms with Crippen LogP contribution in [-0.2, 0) is 14.8 Å². The van der Waals surface area contributed by atoms with Crippen molar-refractivity contribution in [2.24, 2.45) is 0 Å². The van der Waals surface area contributed by atoms with E-state index in [0.717, 1.165) is 10.2 Å². The second kappa shape index (κ2) is 7.08. The summed E-state index contributed by atoms with van der Waals surface area (Å²) in [4.78, 5) is 16.4. The maximum Gasteiger partial charge on any atom is 0.240 e. The average molecular weight is 361 g/mol. The minimum Gasteiger partial charge on any atom is -0.302 e. The van der Waals surface area contributed by atoms with Gasteiger partial charge in [0.15, 0.2) is 5.13 Å². The Kier molecular flexibility index (Phi) is 4.89. The topological polar surface area (TPSA) is 88.2 Å². The molecule has 0 radical (unpaired) electrons. The molecule has 0 saturated carbocycles. The van der Waals surface area contributed by atoms with Crippen molar-refractivity contribution in [1.29, 1.82) is 0 Å². The number of fused-ring (bicyclic) bond motifs is 1. The Morgan fingerprint density at radius 2 is 1.75 bits per heavy atom. The first-order valence-electron chi connectivity index (χ1n) is 7.25. The molecule has 1 amide bonds. The van der Waals surface area contributed by atoms with Gasteiger partial charge in [-0.15, -0.1) is 0 Å². The average Bonchev–Trinajstić information content (AvgIpc) is 2.97. The molecule has 0 bridgehead atoms. The normalized spacial score (nSPS) is 11.5. The van der Waals surface area contributed by atoms with E-state index in [1.54, 1.807) is 18.2 Å². The van der Waals surface area contributed by atoms with Crippen LogP contribution in [-0.4, -0.2) is 25.9 Å². The first kappa shape index (κ1) is 16.6. The van der Waals surface area contributed by atoms with Gasteiger partial charge in [-0.3, -0.25) is 4.79 Å². The molecule has 0 aliphatic carbocycles. The Hall–Kier alpha value is -2.29. The van der Waals surface area contributed by atoms with Gasteiger partial charge >= 0.3 is 0 Å². The SMILES string of the molecule is O=C(CCNS(=O)(=O)c1ccccc1)Nc1nc2ccccc2s1. The number of hydrogen-bond acceptors (Lipinski definition) is 5. The minimum atomic E-state index is -3.59. The van der Waals surface area contributed by atoms with E-state index in [0.29, 0.717) is 5.13 Å². The number of carbonyl (C=O) groups is 1. The lowest BCUT2D eigenvalue weighted by Crippen LogP contribution is -2.27. The van der Waals surface area contributed by atoms with Gasteiger partial charge in [0.2, 0.25) is 15.9 Å². The summed E-state index contributed by atoms with van der Waals surface area (Å²) in [5.41, 5.74) is 0.822. The molecular formula is C16H15N3O3S2. The Bertz CT molecular complexity index is 920. The predicted molar refractivity (Wildman–Crippen MR) is 94.5 cm³/mol. The highest BCUT2D eigenvalue weighted by molar-refractivity contribution is 7.89. The van der Waals surface area contributed by atoms with E-state index in [2.05, 4.69) is 15.0 Å². The third-order valence-electron chi connectivity index (χ3n) is 3.24. The fourth-order valence-corrected chi connectivity index (χ4v) is 4.02. The fraction of sp³-hybridized carbons (Fsp3) is 0.125. The number of para-hydroxylation sites is 1. The third kappa shape index (κ3) is 3.97. The van der Waals surface area contributed by atoms with Crippen LogP contribution >= 0.6 is 11.3 Å². The van der Waals surface area contributed by atoms with Crippen molar-refractivity contribution in [3.05, 3.63) is 54.6 Å². The number of nitrogens with zero attached hydrogens (tertiary/aromatic N) is 1. The van der Waals surface area contributed by atoms with Crippen LogP contribution in [0.15, 0.2) is 59.5 Å². The van der Waals surface area contributed by atoms with Crippen LogP contribution in [0.2, 0.25) is 0 Å². The van der Waals surface area contributed by atoms with E-state index >= 15 is 0 Å². The summed E-state index contributed by atoms with van der Waals surface area (Å²) in [6.07, 6.45) is 0.0298. The number of nitrogens with one attached hydrogen (secondary N) is 2. The second-order valence-corrected chi connectivity index (χ2v) is 7.79. The van der Waals surface area contributed by atoms with Crippen molar-refractivity contribution in [1.82, 2.24) is 9.71 Å². The van der Waals surface area contributed by atoms with Crippen molar-refractivity contribution in [2.45, 2.75) is 11.3 Å². The van der Waals surface area contributed by atoms with E-state index in [1.807, 2.05) is 24.3 Å². The summed E-state index contributed by atoms with van der Waals surface area (Å²) in [6.45, 7) is 0.0218. The number of hydrogen-bond donors (Lipinski definition) is 2. The maximum atomic E-state index is 12.0. The molecule has 1 aromatic heterocycles. The molecular weight excluding hydrogens is 346 g/mol. The maximum absolute atomic E-state index is 12.0. The lowest BCUT2D eigenvalue weighted by Gasteiger charge is -2.06. The molecule has 2 aromatic carbocycles. The lowest BCUT2D eigenvalue weighted by atomic mass is 10.3. The summed E-state index contributed by atoms with van der Waals surface area (Å²) in [5, 5.41) is 3.20. The summed E-state index contributed by atoms with van der Waals surface area (Å²) < 4.78 is 27.5. The Labute approximate surface area is 143 Å². The molecule has 0 aliphatic heterocycles. The van der Waals surface area contributed by atoms with Crippen molar-refractivity contribution >= 4 is 42.6 Å². The molecule has 0 spiro atoms. The Morgan fingerprint density at radius 1 is 1.04 bits per heavy atom. The zero-order valence-electron chi connectivity index (χ0n) is 12.6. The van der Waals surface area contributed by atoms with E-state index in [-0.39, 0.29) is 23.8 Å². The van der Waals surface area contributed by atoms with Gasteiger partial charge in [0.25, 0.3) is 0 Å². The molecule has 3 rings (SSSR count). The summed E-state index contributed by atoms with van der Waals surface area (Å²) in [6, 6.07) is 15.6. The van der Waals surface area contributed by atoms with Crippen LogP contribution in [0.3, 0.4) is 0 Å². The second-order valence-electron chi connectivity index (χ2n) is 5.00. The summed E-state index contributed by atoms with van der Waals surface area (Å²) in [7, 11) is -3.59. The van der Waals surface area contributed by atoms with Crippen LogP contribution in [0.4, 0.5) is 5.13 Å². The quantitative estimate of drug-likeness (QED) is 0.706. The van der Waals surface area contributed by atoms with Crippen molar-refractivity contribution in [2.75, 3.05) is 11.9 Å². The largest absolute Gasteiger partial charge is 0.302 e. The molecule has 6 nitrogen and oxygen atoms in total. The lowest BCUT2D eigenvalue weighted by molar-refractivity contribution is -0.116. The molecule has 0 unspecified atom stereocenters. The van der Waals surface area contributed by atoms with E-state index < -0.39 is 10.0 Å². The zero-order chi connectivity index (χ0) is 17.0. The van der Waals surface area contributed by atoms with Gasteiger partial charge in [-0.1, -0.05) is 41.7 Å². The fourth-order valence-electron chi connectivity index (χ4n) is 2.09. The van der Waals surface area contributed by atoms with Gasteiger partial charge in [0, 0.05) is 13.0 Å². The van der Waals surface area contributed by atoms with Crippen LogP contribution in [0.5, 0.6) is 0 Å². The smallest absolute Gasteiger partial charge is 0.240 e. The zero-order valence-corrected chi connectivity index (χ0v) is 14.2. The number of thiazole rings is 1. The molecule has 2 N–H and O–H groups in total. The Morgan fingerprint density at radius 3 is 2.50 bits per heavy atom. The summed E-state index contributed by atoms with van der Waals surface area (Å²) >= 11 is 1.38. The highest BCUT2D eigenvalue weighted by atomic mass is 32.2. The molecule has 0 fully saturated rings. The van der Waals surface area contributed by atoms with E-state index in [1.165, 1.54) is 23.5 Å². The van der Waals surface area contributed by atoms with Crippen molar-refractivity contribution in [3.63, 3.8) is 0 Å². The van der Waals surface area contributed by atoms with Gasteiger partial charge in [-0.25, -0.2) is 18.1 Å². The molecule has 24 heavy (non-hydrogen) atoms. The summed E-state index contributed by atoms with van der Waals surface area (Å²) in [5.74, 6) is -0.287. The molecule has 0 aliphatic rings. The predicted octanol–water partition coefficient (Wildman–Crippen LogP) is 2.60. The molecule has 1 heterocycles. The number of sulfonamides is 1. The first-order chi connectivity index (χ1) is 11.5. The van der Waals surface area contributed by atoms with Gasteiger partial charge in [0.05, 0.1) is 15.1 Å². The van der Waals surface area contributed by atoms with Gasteiger partial charge in [0.1, 0.15) is 0 Å². The van der Waals surface area contributed by atoms with Crippen LogP contribution in [0.25, 0.3) is 10.2 Å².